The van der Waals surface area contributed by atoms with E-state index >= 15 is 0 Å². The molecule has 158 valence electrons. The van der Waals surface area contributed by atoms with Crippen LogP contribution in [0.4, 0.5) is 5.00 Å². The van der Waals surface area contributed by atoms with Crippen LogP contribution in [0.3, 0.4) is 0 Å². The topological polar surface area (TPSA) is 67.0 Å². The lowest BCUT2D eigenvalue weighted by Crippen LogP contribution is -2.20. The first-order chi connectivity index (χ1) is 15.1. The molecule has 0 atom stereocenters. The molecule has 0 fully saturated rings. The number of para-hydroxylation sites is 2. The second kappa shape index (κ2) is 8.19. The number of carbonyl (C=O) groups is 1. The van der Waals surface area contributed by atoms with Crippen LogP contribution in [0.5, 0.6) is 5.75 Å². The molecule has 2 aromatic heterocycles. The molecule has 6 heteroatoms. The number of anilines is 1. The highest BCUT2D eigenvalue weighted by Gasteiger charge is 2.25. The third-order valence-electron chi connectivity index (χ3n) is 5.62. The first-order valence-electron chi connectivity index (χ1n) is 10.7. The number of ether oxygens (including phenoxy) is 1. The summed E-state index contributed by atoms with van der Waals surface area (Å²) in [7, 11) is 0. The number of thiophene rings is 1. The highest BCUT2D eigenvalue weighted by atomic mass is 32.1. The van der Waals surface area contributed by atoms with E-state index in [4.69, 9.17) is 9.72 Å². The van der Waals surface area contributed by atoms with E-state index in [1.807, 2.05) is 50.2 Å². The summed E-state index contributed by atoms with van der Waals surface area (Å²) >= 11 is 1.67. The van der Waals surface area contributed by atoms with Crippen LogP contribution in [0.1, 0.15) is 34.4 Å². The molecular weight excluding hydrogens is 406 g/mol. The predicted molar refractivity (Wildman–Crippen MR) is 126 cm³/mol. The van der Waals surface area contributed by atoms with Gasteiger partial charge in [-0.25, -0.2) is 4.98 Å². The van der Waals surface area contributed by atoms with Crippen LogP contribution in [0, 0.1) is 13.8 Å². The third kappa shape index (κ3) is 4.08. The molecule has 0 bridgehead atoms. The summed E-state index contributed by atoms with van der Waals surface area (Å²) < 4.78 is 5.77. The smallest absolute Gasteiger partial charge is 0.262 e. The average molecular weight is 432 g/mol. The quantitative estimate of drug-likeness (QED) is 0.419. The van der Waals surface area contributed by atoms with Crippen LogP contribution in [0.2, 0.25) is 0 Å². The van der Waals surface area contributed by atoms with Crippen molar-refractivity contribution in [3.63, 3.8) is 0 Å². The fourth-order valence-corrected chi connectivity index (χ4v) is 5.61. The lowest BCUT2D eigenvalue weighted by molar-refractivity contribution is -0.118. The molecule has 0 saturated carbocycles. The van der Waals surface area contributed by atoms with Crippen LogP contribution in [0.25, 0.3) is 22.4 Å². The van der Waals surface area contributed by atoms with Crippen molar-refractivity contribution in [1.82, 2.24) is 9.97 Å². The zero-order valence-corrected chi connectivity index (χ0v) is 18.6. The van der Waals surface area contributed by atoms with E-state index in [1.54, 1.807) is 11.3 Å². The molecule has 2 N–H and O–H groups in total. The molecule has 1 aliphatic carbocycles. The van der Waals surface area contributed by atoms with Gasteiger partial charge in [0.1, 0.15) is 16.6 Å². The van der Waals surface area contributed by atoms with Crippen LogP contribution >= 0.6 is 11.3 Å². The standard InChI is InChI=1S/C25H25N3O2S/c1-15-11-16(2)13-17(12-15)30-14-22(29)28-25-23(18-7-3-6-10-21(18)31-25)24-26-19-8-4-5-9-20(19)27-24/h4-5,8-9,11-13H,3,6-7,10,14H2,1-2H3,(H,26,27)(H,28,29). The Bertz CT molecular complexity index is 1220. The van der Waals surface area contributed by atoms with Crippen molar-refractivity contribution in [3.8, 4) is 17.1 Å². The summed E-state index contributed by atoms with van der Waals surface area (Å²) in [4.78, 5) is 22.4. The molecule has 1 amide bonds. The zero-order chi connectivity index (χ0) is 21.4. The normalized spacial score (nSPS) is 13.2. The van der Waals surface area contributed by atoms with Crippen LogP contribution in [-0.2, 0) is 17.6 Å². The lowest BCUT2D eigenvalue weighted by Gasteiger charge is -2.12. The molecule has 0 spiro atoms. The Morgan fingerprint density at radius 1 is 1.13 bits per heavy atom. The Hall–Kier alpha value is -3.12. The number of nitrogens with zero attached hydrogens (tertiary/aromatic N) is 1. The van der Waals surface area contributed by atoms with Gasteiger partial charge in [0.2, 0.25) is 0 Å². The van der Waals surface area contributed by atoms with Gasteiger partial charge in [0.25, 0.3) is 5.91 Å². The lowest BCUT2D eigenvalue weighted by atomic mass is 9.95. The first kappa shape index (κ1) is 19.8. The number of hydrogen-bond donors (Lipinski definition) is 2. The molecule has 5 rings (SSSR count). The number of aromatic amines is 1. The van der Waals surface area contributed by atoms with Gasteiger partial charge in [-0.05, 0) is 80.5 Å². The van der Waals surface area contributed by atoms with E-state index in [-0.39, 0.29) is 12.5 Å². The number of carbonyl (C=O) groups excluding carboxylic acids is 1. The summed E-state index contributed by atoms with van der Waals surface area (Å²) in [6, 6.07) is 14.0. The first-order valence-corrected chi connectivity index (χ1v) is 11.5. The molecule has 2 aromatic carbocycles. The van der Waals surface area contributed by atoms with Gasteiger partial charge in [-0.1, -0.05) is 18.2 Å². The minimum absolute atomic E-state index is 0.0228. The number of aryl methyl sites for hydroxylation is 3. The van der Waals surface area contributed by atoms with E-state index in [9.17, 15) is 4.79 Å². The fourth-order valence-electron chi connectivity index (χ4n) is 4.30. The minimum atomic E-state index is -0.157. The highest BCUT2D eigenvalue weighted by Crippen LogP contribution is 2.43. The van der Waals surface area contributed by atoms with Crippen molar-refractivity contribution in [2.75, 3.05) is 11.9 Å². The highest BCUT2D eigenvalue weighted by molar-refractivity contribution is 7.17. The summed E-state index contributed by atoms with van der Waals surface area (Å²) in [5.41, 5.74) is 6.53. The van der Waals surface area contributed by atoms with Crippen molar-refractivity contribution in [2.45, 2.75) is 39.5 Å². The van der Waals surface area contributed by atoms with E-state index in [0.717, 1.165) is 57.1 Å². The molecule has 4 aromatic rings. The Balaban J connectivity index is 1.42. The third-order valence-corrected chi connectivity index (χ3v) is 6.82. The largest absolute Gasteiger partial charge is 0.484 e. The molecule has 31 heavy (non-hydrogen) atoms. The summed E-state index contributed by atoms with van der Waals surface area (Å²) in [5.74, 6) is 1.39. The summed E-state index contributed by atoms with van der Waals surface area (Å²) in [6.45, 7) is 4.02. The molecular formula is C25H25N3O2S. The summed E-state index contributed by atoms with van der Waals surface area (Å²) in [6.07, 6.45) is 4.44. The van der Waals surface area contributed by atoms with Crippen molar-refractivity contribution in [1.29, 1.82) is 0 Å². The molecule has 0 unspecified atom stereocenters. The van der Waals surface area contributed by atoms with Gasteiger partial charge in [0.05, 0.1) is 16.6 Å². The van der Waals surface area contributed by atoms with Gasteiger partial charge in [-0.15, -0.1) is 11.3 Å². The number of fused-ring (bicyclic) bond motifs is 2. The molecule has 0 aliphatic heterocycles. The van der Waals surface area contributed by atoms with Crippen molar-refractivity contribution < 1.29 is 9.53 Å². The van der Waals surface area contributed by atoms with Gasteiger partial charge in [-0.2, -0.15) is 0 Å². The van der Waals surface area contributed by atoms with Gasteiger partial charge in [-0.3, -0.25) is 4.79 Å². The number of nitrogens with one attached hydrogen (secondary N) is 2. The van der Waals surface area contributed by atoms with Crippen LogP contribution < -0.4 is 10.1 Å². The molecule has 5 nitrogen and oxygen atoms in total. The average Bonchev–Trinajstić information content (AvgIpc) is 3.32. The van der Waals surface area contributed by atoms with E-state index < -0.39 is 0 Å². The SMILES string of the molecule is Cc1cc(C)cc(OCC(=O)Nc2sc3c(c2-c2nc4ccccc4[nH]2)CCCC3)c1. The fraction of sp³-hybridized carbons (Fsp3) is 0.280. The monoisotopic (exact) mass is 431 g/mol. The maximum absolute atomic E-state index is 12.8. The van der Waals surface area contributed by atoms with Crippen LogP contribution in [-0.4, -0.2) is 22.5 Å². The van der Waals surface area contributed by atoms with E-state index in [1.165, 1.54) is 23.3 Å². The Morgan fingerprint density at radius 2 is 1.90 bits per heavy atom. The number of imidazole rings is 1. The number of amides is 1. The van der Waals surface area contributed by atoms with E-state index in [0.29, 0.717) is 0 Å². The number of hydrogen-bond acceptors (Lipinski definition) is 4. The number of rotatable bonds is 5. The van der Waals surface area contributed by atoms with Gasteiger partial charge >= 0.3 is 0 Å². The van der Waals surface area contributed by atoms with Crippen LogP contribution in [0.15, 0.2) is 42.5 Å². The Kier molecular flexibility index (Phi) is 5.24. The number of H-pyrrole nitrogens is 1. The molecule has 1 aliphatic rings. The van der Waals surface area contributed by atoms with Crippen molar-refractivity contribution >= 4 is 33.3 Å². The van der Waals surface area contributed by atoms with Gasteiger partial charge in [0, 0.05) is 4.88 Å². The second-order valence-corrected chi connectivity index (χ2v) is 9.28. The second-order valence-electron chi connectivity index (χ2n) is 8.18. The van der Waals surface area contributed by atoms with Gasteiger partial charge < -0.3 is 15.0 Å². The zero-order valence-electron chi connectivity index (χ0n) is 17.7. The molecule has 2 heterocycles. The Labute approximate surface area is 185 Å². The maximum atomic E-state index is 12.8. The predicted octanol–water partition coefficient (Wildman–Crippen LogP) is 5.80. The minimum Gasteiger partial charge on any atom is -0.484 e. The summed E-state index contributed by atoms with van der Waals surface area (Å²) in [5, 5.41) is 3.97. The number of benzene rings is 2. The van der Waals surface area contributed by atoms with Crippen molar-refractivity contribution in [2.24, 2.45) is 0 Å². The van der Waals surface area contributed by atoms with Gasteiger partial charge in [0.15, 0.2) is 6.61 Å². The molecule has 0 radical (unpaired) electrons. The van der Waals surface area contributed by atoms with E-state index in [2.05, 4.69) is 16.4 Å². The number of aromatic nitrogens is 2. The van der Waals surface area contributed by atoms with Crippen molar-refractivity contribution in [3.05, 3.63) is 64.0 Å². The Morgan fingerprint density at radius 3 is 2.71 bits per heavy atom. The molecule has 0 saturated heterocycles. The maximum Gasteiger partial charge on any atom is 0.262 e.